The van der Waals surface area contributed by atoms with Crippen molar-refractivity contribution in [2.75, 3.05) is 11.9 Å². The van der Waals surface area contributed by atoms with Gasteiger partial charge in [-0.2, -0.15) is 0 Å². The molecular weight excluding hydrogens is 496 g/mol. The Labute approximate surface area is 205 Å². The number of nitrogens with one attached hydrogen (secondary N) is 1. The molecule has 0 atom stereocenters. The Morgan fingerprint density at radius 1 is 0.875 bits per heavy atom. The standard InChI is InChI=1S/C23H19Cl4NO4/c1-2-31-21-7-14(11-28-16-5-6-18(25)17(9-16)23(29)30)20(27)10-22(21)32-12-13-3-4-15(24)8-19(13)26/h3-10,28H,2,11-12H2,1H3,(H,29,30). The summed E-state index contributed by atoms with van der Waals surface area (Å²) in [6.07, 6.45) is 0. The van der Waals surface area contributed by atoms with Crippen LogP contribution < -0.4 is 14.8 Å². The Kier molecular flexibility index (Phi) is 8.38. The van der Waals surface area contributed by atoms with Crippen LogP contribution in [-0.2, 0) is 13.2 Å². The van der Waals surface area contributed by atoms with Crippen molar-refractivity contribution in [1.82, 2.24) is 0 Å². The van der Waals surface area contributed by atoms with Crippen molar-refractivity contribution in [3.05, 3.63) is 85.3 Å². The molecule has 0 radical (unpaired) electrons. The van der Waals surface area contributed by atoms with Gasteiger partial charge in [0, 0.05) is 38.9 Å². The van der Waals surface area contributed by atoms with Crippen molar-refractivity contribution in [1.29, 1.82) is 0 Å². The Hall–Kier alpha value is -2.31. The number of rotatable bonds is 9. The summed E-state index contributed by atoms with van der Waals surface area (Å²) in [6, 6.07) is 13.3. The smallest absolute Gasteiger partial charge is 0.337 e. The summed E-state index contributed by atoms with van der Waals surface area (Å²) in [5.41, 5.74) is 2.14. The van der Waals surface area contributed by atoms with Gasteiger partial charge >= 0.3 is 5.97 Å². The van der Waals surface area contributed by atoms with Crippen molar-refractivity contribution >= 4 is 58.1 Å². The van der Waals surface area contributed by atoms with E-state index in [4.69, 9.17) is 55.9 Å². The number of hydrogen-bond acceptors (Lipinski definition) is 4. The lowest BCUT2D eigenvalue weighted by molar-refractivity contribution is 0.0697. The van der Waals surface area contributed by atoms with Gasteiger partial charge in [0.05, 0.1) is 17.2 Å². The SMILES string of the molecule is CCOc1cc(CNc2ccc(Cl)c(C(=O)O)c2)c(Cl)cc1OCc1ccc(Cl)cc1Cl. The van der Waals surface area contributed by atoms with Gasteiger partial charge in [-0.15, -0.1) is 0 Å². The van der Waals surface area contributed by atoms with Gasteiger partial charge in [0.15, 0.2) is 11.5 Å². The minimum absolute atomic E-state index is 0.0161. The second-order valence-electron chi connectivity index (χ2n) is 6.70. The predicted molar refractivity (Wildman–Crippen MR) is 129 cm³/mol. The van der Waals surface area contributed by atoms with E-state index in [0.29, 0.717) is 45.4 Å². The first-order valence-corrected chi connectivity index (χ1v) is 11.1. The zero-order chi connectivity index (χ0) is 23.3. The van der Waals surface area contributed by atoms with Crippen LogP contribution >= 0.6 is 46.4 Å². The van der Waals surface area contributed by atoms with Crippen LogP contribution in [0, 0.1) is 0 Å². The highest BCUT2D eigenvalue weighted by Gasteiger charge is 2.14. The van der Waals surface area contributed by atoms with E-state index in [1.54, 1.807) is 36.4 Å². The average molecular weight is 515 g/mol. The summed E-state index contributed by atoms with van der Waals surface area (Å²) in [4.78, 5) is 11.3. The molecule has 0 aromatic heterocycles. The van der Waals surface area contributed by atoms with E-state index in [-0.39, 0.29) is 17.2 Å². The van der Waals surface area contributed by atoms with Crippen molar-refractivity contribution < 1.29 is 19.4 Å². The van der Waals surface area contributed by atoms with E-state index in [9.17, 15) is 9.90 Å². The zero-order valence-corrected chi connectivity index (χ0v) is 19.9. The van der Waals surface area contributed by atoms with Crippen LogP contribution in [0.1, 0.15) is 28.4 Å². The van der Waals surface area contributed by atoms with Crippen LogP contribution in [0.3, 0.4) is 0 Å². The maximum Gasteiger partial charge on any atom is 0.337 e. The third-order valence-corrected chi connectivity index (χ3v) is 5.76. The first-order chi connectivity index (χ1) is 15.3. The molecule has 0 saturated carbocycles. The van der Waals surface area contributed by atoms with E-state index in [1.165, 1.54) is 12.1 Å². The van der Waals surface area contributed by atoms with Crippen LogP contribution in [-0.4, -0.2) is 17.7 Å². The zero-order valence-electron chi connectivity index (χ0n) is 16.9. The van der Waals surface area contributed by atoms with Gasteiger partial charge in [0.2, 0.25) is 0 Å². The summed E-state index contributed by atoms with van der Waals surface area (Å²) in [6.45, 7) is 2.86. The monoisotopic (exact) mass is 513 g/mol. The summed E-state index contributed by atoms with van der Waals surface area (Å²) >= 11 is 24.6. The first kappa shape index (κ1) is 24.3. The van der Waals surface area contributed by atoms with Gasteiger partial charge in [-0.25, -0.2) is 4.79 Å². The number of hydrogen-bond donors (Lipinski definition) is 2. The van der Waals surface area contributed by atoms with Crippen molar-refractivity contribution in [2.24, 2.45) is 0 Å². The molecule has 3 rings (SSSR count). The molecule has 0 amide bonds. The van der Waals surface area contributed by atoms with E-state index in [2.05, 4.69) is 5.32 Å². The van der Waals surface area contributed by atoms with Crippen molar-refractivity contribution in [2.45, 2.75) is 20.1 Å². The highest BCUT2D eigenvalue weighted by molar-refractivity contribution is 6.35. The molecule has 0 aliphatic heterocycles. The molecule has 32 heavy (non-hydrogen) atoms. The quantitative estimate of drug-likeness (QED) is 0.308. The minimum atomic E-state index is -1.10. The Bertz CT molecular complexity index is 1140. The number of benzene rings is 3. The van der Waals surface area contributed by atoms with E-state index < -0.39 is 5.97 Å². The molecule has 5 nitrogen and oxygen atoms in total. The van der Waals surface area contributed by atoms with E-state index in [1.807, 2.05) is 6.92 Å². The molecule has 0 bridgehead atoms. The molecule has 0 aliphatic carbocycles. The van der Waals surface area contributed by atoms with E-state index >= 15 is 0 Å². The van der Waals surface area contributed by atoms with Crippen LogP contribution in [0.5, 0.6) is 11.5 Å². The van der Waals surface area contributed by atoms with Gasteiger partial charge in [0.1, 0.15) is 6.61 Å². The number of carbonyl (C=O) groups is 1. The maximum absolute atomic E-state index is 11.3. The summed E-state index contributed by atoms with van der Waals surface area (Å²) < 4.78 is 11.6. The third kappa shape index (κ3) is 6.14. The number of carboxylic acid groups (broad SMARTS) is 1. The fourth-order valence-corrected chi connectivity index (χ4v) is 3.77. The normalized spacial score (nSPS) is 10.7. The molecular formula is C23H19Cl4NO4. The number of halogens is 4. The van der Waals surface area contributed by atoms with Crippen LogP contribution in [0.2, 0.25) is 20.1 Å². The third-order valence-electron chi connectivity index (χ3n) is 4.49. The Morgan fingerprint density at radius 2 is 1.59 bits per heavy atom. The number of ether oxygens (including phenoxy) is 2. The highest BCUT2D eigenvalue weighted by atomic mass is 35.5. The molecule has 2 N–H and O–H groups in total. The first-order valence-electron chi connectivity index (χ1n) is 9.57. The fourth-order valence-electron chi connectivity index (χ4n) is 2.88. The van der Waals surface area contributed by atoms with Gasteiger partial charge in [0.25, 0.3) is 0 Å². The summed E-state index contributed by atoms with van der Waals surface area (Å²) in [5, 5.41) is 14.1. The Morgan fingerprint density at radius 3 is 2.28 bits per heavy atom. The van der Waals surface area contributed by atoms with Gasteiger partial charge < -0.3 is 19.9 Å². The second kappa shape index (κ2) is 11.0. The molecule has 0 fully saturated rings. The number of carboxylic acids is 1. The second-order valence-corrected chi connectivity index (χ2v) is 8.36. The number of aromatic carboxylic acids is 1. The molecule has 0 unspecified atom stereocenters. The molecule has 0 saturated heterocycles. The lowest BCUT2D eigenvalue weighted by Crippen LogP contribution is -2.05. The Balaban J connectivity index is 1.77. The largest absolute Gasteiger partial charge is 0.490 e. The molecule has 0 heterocycles. The predicted octanol–water partition coefficient (Wildman–Crippen LogP) is 7.59. The molecule has 3 aromatic rings. The van der Waals surface area contributed by atoms with Gasteiger partial charge in [-0.05, 0) is 48.9 Å². The van der Waals surface area contributed by atoms with Crippen LogP contribution in [0.4, 0.5) is 5.69 Å². The van der Waals surface area contributed by atoms with Gasteiger partial charge in [-0.3, -0.25) is 0 Å². The molecule has 168 valence electrons. The highest BCUT2D eigenvalue weighted by Crippen LogP contribution is 2.35. The molecule has 0 aliphatic rings. The van der Waals surface area contributed by atoms with Crippen LogP contribution in [0.15, 0.2) is 48.5 Å². The fraction of sp³-hybridized carbons (Fsp3) is 0.174. The topological polar surface area (TPSA) is 67.8 Å². The van der Waals surface area contributed by atoms with Crippen molar-refractivity contribution in [3.63, 3.8) is 0 Å². The molecule has 3 aromatic carbocycles. The lowest BCUT2D eigenvalue weighted by Gasteiger charge is -2.16. The molecule has 9 heteroatoms. The maximum atomic E-state index is 11.3. The van der Waals surface area contributed by atoms with E-state index in [0.717, 1.165) is 11.1 Å². The van der Waals surface area contributed by atoms with Gasteiger partial charge in [-0.1, -0.05) is 52.5 Å². The lowest BCUT2D eigenvalue weighted by atomic mass is 10.1. The summed E-state index contributed by atoms with van der Waals surface area (Å²) in [7, 11) is 0. The van der Waals surface area contributed by atoms with Crippen LogP contribution in [0.25, 0.3) is 0 Å². The average Bonchev–Trinajstić information content (AvgIpc) is 2.74. The molecule has 0 spiro atoms. The number of anilines is 1. The minimum Gasteiger partial charge on any atom is -0.490 e. The summed E-state index contributed by atoms with van der Waals surface area (Å²) in [5.74, 6) is -0.0926. The van der Waals surface area contributed by atoms with Crippen molar-refractivity contribution in [3.8, 4) is 11.5 Å².